The lowest BCUT2D eigenvalue weighted by Crippen LogP contribution is -2.38. The van der Waals surface area contributed by atoms with E-state index in [9.17, 15) is 4.79 Å². The van der Waals surface area contributed by atoms with Gasteiger partial charge in [0.1, 0.15) is 6.04 Å². The second-order valence-corrected chi connectivity index (χ2v) is 2.22. The zero-order chi connectivity index (χ0) is 6.85. The lowest BCUT2D eigenvalue weighted by Gasteiger charge is -2.12. The molecule has 4 heteroatoms. The fourth-order valence-corrected chi connectivity index (χ4v) is 1.04. The minimum atomic E-state index is -0.440. The van der Waals surface area contributed by atoms with Crippen molar-refractivity contribution in [1.29, 1.82) is 0 Å². The van der Waals surface area contributed by atoms with E-state index in [0.717, 1.165) is 11.5 Å². The summed E-state index contributed by atoms with van der Waals surface area (Å²) in [6, 6.07) is -0.440. The van der Waals surface area contributed by atoms with Gasteiger partial charge in [-0.3, -0.25) is 4.79 Å². The molecule has 1 unspecified atom stereocenters. The van der Waals surface area contributed by atoms with Crippen LogP contribution in [-0.2, 0) is 4.79 Å². The minimum Gasteiger partial charge on any atom is -0.368 e. The third-order valence-electron chi connectivity index (χ3n) is 1.55. The number of hydrogen-bond donors (Lipinski definition) is 2. The Hall–Kier alpha value is -0.610. The van der Waals surface area contributed by atoms with Gasteiger partial charge in [-0.2, -0.15) is 5.06 Å². The summed E-state index contributed by atoms with van der Waals surface area (Å²) < 4.78 is 0. The van der Waals surface area contributed by atoms with Gasteiger partial charge in [0.25, 0.3) is 0 Å². The van der Waals surface area contributed by atoms with E-state index >= 15 is 0 Å². The Morgan fingerprint density at radius 3 is 2.67 bits per heavy atom. The standard InChI is InChI=1S/C5H10N2O2/c6-5(8)4-2-1-3-7(4)9/h4,9H,1-3H2,(H2,6,8). The van der Waals surface area contributed by atoms with Crippen molar-refractivity contribution in [3.63, 3.8) is 0 Å². The highest BCUT2D eigenvalue weighted by Gasteiger charge is 2.27. The van der Waals surface area contributed by atoms with Crippen LogP contribution in [-0.4, -0.2) is 28.8 Å². The minimum absolute atomic E-state index is 0.435. The van der Waals surface area contributed by atoms with E-state index in [1.54, 1.807) is 0 Å². The van der Waals surface area contributed by atoms with E-state index < -0.39 is 11.9 Å². The van der Waals surface area contributed by atoms with Crippen molar-refractivity contribution in [3.8, 4) is 0 Å². The number of amides is 1. The normalized spacial score (nSPS) is 28.8. The van der Waals surface area contributed by atoms with Gasteiger partial charge in [0.05, 0.1) is 0 Å². The van der Waals surface area contributed by atoms with Gasteiger partial charge in [0, 0.05) is 6.54 Å². The predicted molar refractivity (Wildman–Crippen MR) is 30.7 cm³/mol. The number of hydroxylamine groups is 2. The van der Waals surface area contributed by atoms with Crippen LogP contribution in [0, 0.1) is 0 Å². The van der Waals surface area contributed by atoms with Crippen molar-refractivity contribution in [2.75, 3.05) is 6.54 Å². The highest BCUT2D eigenvalue weighted by molar-refractivity contribution is 5.79. The molecule has 0 aromatic carbocycles. The van der Waals surface area contributed by atoms with Gasteiger partial charge in [0.15, 0.2) is 0 Å². The maximum Gasteiger partial charge on any atom is 0.237 e. The second-order valence-electron chi connectivity index (χ2n) is 2.22. The van der Waals surface area contributed by atoms with Crippen molar-refractivity contribution < 1.29 is 10.0 Å². The molecule has 1 amide bonds. The van der Waals surface area contributed by atoms with E-state index in [1.165, 1.54) is 0 Å². The molecule has 1 rings (SSSR count). The smallest absolute Gasteiger partial charge is 0.237 e. The molecule has 52 valence electrons. The van der Waals surface area contributed by atoms with Gasteiger partial charge in [-0.05, 0) is 12.8 Å². The molecule has 1 aliphatic heterocycles. The zero-order valence-corrected chi connectivity index (χ0v) is 5.08. The van der Waals surface area contributed by atoms with Crippen molar-refractivity contribution >= 4 is 5.91 Å². The number of rotatable bonds is 1. The van der Waals surface area contributed by atoms with Crippen LogP contribution in [0.5, 0.6) is 0 Å². The molecule has 1 aliphatic rings. The van der Waals surface area contributed by atoms with Gasteiger partial charge in [-0.1, -0.05) is 0 Å². The molecule has 3 N–H and O–H groups in total. The first-order valence-electron chi connectivity index (χ1n) is 2.96. The first kappa shape index (κ1) is 6.51. The predicted octanol–water partition coefficient (Wildman–Crippen LogP) is -0.675. The molecule has 0 aromatic rings. The Bertz CT molecular complexity index is 126. The lowest BCUT2D eigenvalue weighted by atomic mass is 10.2. The molecule has 1 fully saturated rings. The largest absolute Gasteiger partial charge is 0.368 e. The summed E-state index contributed by atoms with van der Waals surface area (Å²) in [6.45, 7) is 0.563. The number of hydrogen-bond acceptors (Lipinski definition) is 3. The maximum absolute atomic E-state index is 10.4. The molecule has 1 saturated heterocycles. The summed E-state index contributed by atoms with van der Waals surface area (Å²) in [7, 11) is 0. The molecule has 0 saturated carbocycles. The fourth-order valence-electron chi connectivity index (χ4n) is 1.04. The fraction of sp³-hybridized carbons (Fsp3) is 0.800. The van der Waals surface area contributed by atoms with E-state index in [-0.39, 0.29) is 0 Å². The summed E-state index contributed by atoms with van der Waals surface area (Å²) >= 11 is 0. The lowest BCUT2D eigenvalue weighted by molar-refractivity contribution is -0.142. The van der Waals surface area contributed by atoms with E-state index in [1.807, 2.05) is 0 Å². The van der Waals surface area contributed by atoms with Gasteiger partial charge in [-0.15, -0.1) is 0 Å². The maximum atomic E-state index is 10.4. The topological polar surface area (TPSA) is 66.6 Å². The van der Waals surface area contributed by atoms with Crippen LogP contribution in [0.4, 0.5) is 0 Å². The van der Waals surface area contributed by atoms with Crippen molar-refractivity contribution in [3.05, 3.63) is 0 Å². The van der Waals surface area contributed by atoms with Crippen LogP contribution in [0.15, 0.2) is 0 Å². The molecule has 1 heterocycles. The van der Waals surface area contributed by atoms with Gasteiger partial charge in [-0.25, -0.2) is 0 Å². The van der Waals surface area contributed by atoms with Gasteiger partial charge < -0.3 is 10.9 Å². The number of carbonyl (C=O) groups is 1. The summed E-state index contributed by atoms with van der Waals surface area (Å²) in [5.41, 5.74) is 4.95. The zero-order valence-electron chi connectivity index (χ0n) is 5.08. The first-order chi connectivity index (χ1) is 4.22. The van der Waals surface area contributed by atoms with E-state index in [4.69, 9.17) is 10.9 Å². The number of primary amides is 1. The van der Waals surface area contributed by atoms with Crippen LogP contribution in [0.1, 0.15) is 12.8 Å². The van der Waals surface area contributed by atoms with Crippen molar-refractivity contribution in [2.24, 2.45) is 5.73 Å². The summed E-state index contributed by atoms with van der Waals surface area (Å²) in [4.78, 5) is 10.4. The number of nitrogens with zero attached hydrogens (tertiary/aromatic N) is 1. The van der Waals surface area contributed by atoms with E-state index in [2.05, 4.69) is 0 Å². The first-order valence-corrected chi connectivity index (χ1v) is 2.96. The molecule has 0 bridgehead atoms. The van der Waals surface area contributed by atoms with Crippen LogP contribution >= 0.6 is 0 Å². The van der Waals surface area contributed by atoms with Gasteiger partial charge in [0.2, 0.25) is 5.91 Å². The van der Waals surface area contributed by atoms with Crippen LogP contribution in [0.2, 0.25) is 0 Å². The van der Waals surface area contributed by atoms with Crippen LogP contribution in [0.3, 0.4) is 0 Å². The monoisotopic (exact) mass is 130 g/mol. The van der Waals surface area contributed by atoms with Crippen LogP contribution < -0.4 is 5.73 Å². The molecular weight excluding hydrogens is 120 g/mol. The molecule has 0 aliphatic carbocycles. The SMILES string of the molecule is NC(=O)C1CCCN1O. The Labute approximate surface area is 53.2 Å². The van der Waals surface area contributed by atoms with Gasteiger partial charge >= 0.3 is 0 Å². The third kappa shape index (κ3) is 1.20. The number of nitrogens with two attached hydrogens (primary N) is 1. The van der Waals surface area contributed by atoms with Crippen LogP contribution in [0.25, 0.3) is 0 Å². The molecule has 9 heavy (non-hydrogen) atoms. The molecule has 1 atom stereocenters. The molecule has 0 spiro atoms. The van der Waals surface area contributed by atoms with Crippen molar-refractivity contribution in [1.82, 2.24) is 5.06 Å². The molecule has 0 radical (unpaired) electrons. The summed E-state index contributed by atoms with van der Waals surface area (Å²) in [5.74, 6) is -0.435. The average molecular weight is 130 g/mol. The second kappa shape index (κ2) is 2.33. The Morgan fingerprint density at radius 2 is 2.44 bits per heavy atom. The summed E-state index contributed by atoms with van der Waals surface area (Å²) in [6.07, 6.45) is 1.54. The highest BCUT2D eigenvalue weighted by atomic mass is 16.5. The Balaban J connectivity index is 2.49. The molecule has 4 nitrogen and oxygen atoms in total. The quantitative estimate of drug-likeness (QED) is 0.494. The Morgan fingerprint density at radius 1 is 1.78 bits per heavy atom. The molecule has 0 aromatic heterocycles. The third-order valence-corrected chi connectivity index (χ3v) is 1.55. The van der Waals surface area contributed by atoms with Crippen molar-refractivity contribution in [2.45, 2.75) is 18.9 Å². The Kier molecular flexibility index (Phi) is 1.68. The van der Waals surface area contributed by atoms with E-state index in [0.29, 0.717) is 13.0 Å². The highest BCUT2D eigenvalue weighted by Crippen LogP contribution is 2.12. The summed E-state index contributed by atoms with van der Waals surface area (Å²) in [5, 5.41) is 9.89. The molecular formula is C5H10N2O2. The average Bonchev–Trinajstić information content (AvgIpc) is 2.13. The number of carbonyl (C=O) groups excluding carboxylic acids is 1.